The van der Waals surface area contributed by atoms with Crippen LogP contribution in [0.4, 0.5) is 0 Å². The molecule has 0 amide bonds. The first-order chi connectivity index (χ1) is 9.44. The molecule has 0 bridgehead atoms. The predicted molar refractivity (Wildman–Crippen MR) is 84.7 cm³/mol. The Kier molecular flexibility index (Phi) is 4.27. The van der Waals surface area contributed by atoms with E-state index < -0.39 is 0 Å². The van der Waals surface area contributed by atoms with E-state index in [1.54, 1.807) is 0 Å². The highest BCUT2D eigenvalue weighted by molar-refractivity contribution is 5.99. The van der Waals surface area contributed by atoms with E-state index in [4.69, 9.17) is 0 Å². The fourth-order valence-electron chi connectivity index (χ4n) is 2.85. The number of carbonyl (C=O) groups is 1. The third-order valence-corrected chi connectivity index (χ3v) is 4.14. The van der Waals surface area contributed by atoms with Crippen molar-refractivity contribution < 1.29 is 4.79 Å². The molecule has 1 nitrogen and oxygen atoms in total. The number of hydrogen-bond donors (Lipinski definition) is 0. The summed E-state index contributed by atoms with van der Waals surface area (Å²) < 4.78 is 0. The Bertz CT molecular complexity index is 546. The minimum Gasteiger partial charge on any atom is -0.294 e. The summed E-state index contributed by atoms with van der Waals surface area (Å²) in [4.78, 5) is 12.2. The highest BCUT2D eigenvalue weighted by Crippen LogP contribution is 2.40. The topological polar surface area (TPSA) is 17.1 Å². The Morgan fingerprint density at radius 2 is 1.90 bits per heavy atom. The van der Waals surface area contributed by atoms with E-state index in [1.807, 2.05) is 19.1 Å². The van der Waals surface area contributed by atoms with Crippen LogP contribution in [0.2, 0.25) is 0 Å². The molecule has 1 unspecified atom stereocenters. The number of hydrogen-bond acceptors (Lipinski definition) is 1. The van der Waals surface area contributed by atoms with Crippen LogP contribution in [0, 0.1) is 5.41 Å². The fourth-order valence-corrected chi connectivity index (χ4v) is 2.85. The molecule has 0 heterocycles. The predicted octanol–water partition coefficient (Wildman–Crippen LogP) is 5.05. The summed E-state index contributed by atoms with van der Waals surface area (Å²) in [5.41, 5.74) is 3.64. The first-order valence-electron chi connectivity index (χ1n) is 7.45. The van der Waals surface area contributed by atoms with Gasteiger partial charge in [0.15, 0.2) is 5.78 Å². The van der Waals surface area contributed by atoms with Gasteiger partial charge in [0.25, 0.3) is 0 Å². The maximum Gasteiger partial charge on any atom is 0.162 e. The molecule has 1 heteroatoms. The van der Waals surface area contributed by atoms with Crippen LogP contribution < -0.4 is 0 Å². The van der Waals surface area contributed by atoms with Crippen molar-refractivity contribution in [1.29, 1.82) is 0 Å². The van der Waals surface area contributed by atoms with E-state index in [-0.39, 0.29) is 11.2 Å². The van der Waals surface area contributed by atoms with Gasteiger partial charge >= 0.3 is 0 Å². The lowest BCUT2D eigenvalue weighted by molar-refractivity contribution is -0.115. The molecule has 1 aromatic rings. The molecule has 0 radical (unpaired) electrons. The van der Waals surface area contributed by atoms with Crippen molar-refractivity contribution in [3.8, 4) is 0 Å². The van der Waals surface area contributed by atoms with Crippen molar-refractivity contribution in [1.82, 2.24) is 0 Å². The third kappa shape index (κ3) is 3.09. The average molecular weight is 268 g/mol. The Hall–Kier alpha value is -1.63. The lowest BCUT2D eigenvalue weighted by Gasteiger charge is -2.31. The number of ketones is 1. The summed E-state index contributed by atoms with van der Waals surface area (Å²) in [6.07, 6.45) is 5.76. The summed E-state index contributed by atoms with van der Waals surface area (Å²) in [5, 5.41) is 0. The molecule has 20 heavy (non-hydrogen) atoms. The minimum absolute atomic E-state index is 0.135. The smallest absolute Gasteiger partial charge is 0.162 e. The standard InChI is InChI=1S/C19H24O/c1-5-18(20)16-11-12-19(3,4)13-17(16)14(2)15-9-7-6-8-10-15/h6-12,14H,5,13H2,1-4H3. The quantitative estimate of drug-likeness (QED) is 0.746. The normalized spacial score (nSPS) is 19.0. The van der Waals surface area contributed by atoms with Gasteiger partial charge in [-0.15, -0.1) is 0 Å². The molecule has 2 rings (SSSR count). The van der Waals surface area contributed by atoms with Crippen LogP contribution in [0.5, 0.6) is 0 Å². The number of Topliss-reactive ketones (excluding diaryl/α,β-unsaturated/α-hetero) is 1. The highest BCUT2D eigenvalue weighted by atomic mass is 16.1. The Labute approximate surface area is 122 Å². The summed E-state index contributed by atoms with van der Waals surface area (Å²) in [5.74, 6) is 0.556. The summed E-state index contributed by atoms with van der Waals surface area (Å²) in [6.45, 7) is 8.61. The molecular weight excluding hydrogens is 244 g/mol. The number of allylic oxidation sites excluding steroid dienone is 4. The number of rotatable bonds is 4. The van der Waals surface area contributed by atoms with Gasteiger partial charge in [-0.25, -0.2) is 0 Å². The lowest BCUT2D eigenvalue weighted by Crippen LogP contribution is -2.19. The molecular formula is C19H24O. The lowest BCUT2D eigenvalue weighted by atomic mass is 9.73. The summed E-state index contributed by atoms with van der Waals surface area (Å²) in [6, 6.07) is 10.5. The largest absolute Gasteiger partial charge is 0.294 e. The van der Waals surface area contributed by atoms with Crippen molar-refractivity contribution in [3.05, 3.63) is 59.2 Å². The van der Waals surface area contributed by atoms with Crippen LogP contribution >= 0.6 is 0 Å². The van der Waals surface area contributed by atoms with Gasteiger partial charge in [-0.3, -0.25) is 4.79 Å². The fraction of sp³-hybridized carbons (Fsp3) is 0.421. The molecule has 0 aliphatic heterocycles. The van der Waals surface area contributed by atoms with Crippen LogP contribution in [0.25, 0.3) is 0 Å². The van der Waals surface area contributed by atoms with Gasteiger partial charge in [-0.2, -0.15) is 0 Å². The third-order valence-electron chi connectivity index (χ3n) is 4.14. The molecule has 0 aromatic heterocycles. The Morgan fingerprint density at radius 3 is 2.50 bits per heavy atom. The van der Waals surface area contributed by atoms with E-state index in [0.717, 1.165) is 12.0 Å². The number of carbonyl (C=O) groups excluding carboxylic acids is 1. The van der Waals surface area contributed by atoms with Crippen molar-refractivity contribution >= 4 is 5.78 Å². The zero-order valence-electron chi connectivity index (χ0n) is 12.9. The van der Waals surface area contributed by atoms with E-state index >= 15 is 0 Å². The minimum atomic E-state index is 0.135. The van der Waals surface area contributed by atoms with Gasteiger partial charge in [-0.05, 0) is 17.4 Å². The molecule has 1 atom stereocenters. The van der Waals surface area contributed by atoms with Crippen molar-refractivity contribution in [2.45, 2.75) is 46.5 Å². The van der Waals surface area contributed by atoms with E-state index in [9.17, 15) is 4.79 Å². The van der Waals surface area contributed by atoms with Gasteiger partial charge in [-0.1, -0.05) is 75.8 Å². The molecule has 0 N–H and O–H groups in total. The maximum atomic E-state index is 12.2. The van der Waals surface area contributed by atoms with Crippen LogP contribution in [-0.4, -0.2) is 5.78 Å². The highest BCUT2D eigenvalue weighted by Gasteiger charge is 2.28. The molecule has 0 saturated carbocycles. The van der Waals surface area contributed by atoms with Gasteiger partial charge in [0.2, 0.25) is 0 Å². The van der Waals surface area contributed by atoms with Crippen molar-refractivity contribution in [2.75, 3.05) is 0 Å². The van der Waals surface area contributed by atoms with Crippen LogP contribution in [0.15, 0.2) is 53.6 Å². The Balaban J connectivity index is 2.44. The monoisotopic (exact) mass is 268 g/mol. The molecule has 0 fully saturated rings. The molecule has 0 saturated heterocycles. The average Bonchev–Trinajstić information content (AvgIpc) is 2.45. The van der Waals surface area contributed by atoms with Gasteiger partial charge in [0.05, 0.1) is 0 Å². The molecule has 1 aliphatic carbocycles. The second-order valence-electron chi connectivity index (χ2n) is 6.35. The van der Waals surface area contributed by atoms with Gasteiger partial charge in [0, 0.05) is 17.9 Å². The SMILES string of the molecule is CCC(=O)C1=C(C(C)c2ccccc2)CC(C)(C)C=C1. The maximum absolute atomic E-state index is 12.2. The van der Waals surface area contributed by atoms with Crippen LogP contribution in [0.3, 0.4) is 0 Å². The number of benzene rings is 1. The van der Waals surface area contributed by atoms with Crippen molar-refractivity contribution in [2.24, 2.45) is 5.41 Å². The first kappa shape index (κ1) is 14.8. The first-order valence-corrected chi connectivity index (χ1v) is 7.45. The zero-order valence-corrected chi connectivity index (χ0v) is 12.9. The Morgan fingerprint density at radius 1 is 1.25 bits per heavy atom. The van der Waals surface area contributed by atoms with E-state index in [0.29, 0.717) is 12.3 Å². The van der Waals surface area contributed by atoms with E-state index in [2.05, 4.69) is 51.1 Å². The zero-order chi connectivity index (χ0) is 14.8. The second kappa shape index (κ2) is 5.78. The summed E-state index contributed by atoms with van der Waals surface area (Å²) in [7, 11) is 0. The van der Waals surface area contributed by atoms with Gasteiger partial charge < -0.3 is 0 Å². The summed E-state index contributed by atoms with van der Waals surface area (Å²) >= 11 is 0. The van der Waals surface area contributed by atoms with E-state index in [1.165, 1.54) is 11.1 Å². The molecule has 1 aromatic carbocycles. The van der Waals surface area contributed by atoms with Gasteiger partial charge in [0.1, 0.15) is 0 Å². The molecule has 106 valence electrons. The second-order valence-corrected chi connectivity index (χ2v) is 6.35. The van der Waals surface area contributed by atoms with Crippen LogP contribution in [-0.2, 0) is 4.79 Å². The molecule has 0 spiro atoms. The van der Waals surface area contributed by atoms with Crippen molar-refractivity contribution in [3.63, 3.8) is 0 Å². The van der Waals surface area contributed by atoms with Crippen LogP contribution in [0.1, 0.15) is 52.0 Å². The molecule has 1 aliphatic rings.